The van der Waals surface area contributed by atoms with Crippen LogP contribution in [-0.4, -0.2) is 11.2 Å². The van der Waals surface area contributed by atoms with Gasteiger partial charge < -0.3 is 9.84 Å². The predicted molar refractivity (Wildman–Crippen MR) is 108 cm³/mol. The molecule has 0 unspecified atom stereocenters. The van der Waals surface area contributed by atoms with Gasteiger partial charge in [-0.05, 0) is 42.0 Å². The van der Waals surface area contributed by atoms with Crippen LogP contribution in [0.15, 0.2) is 71.6 Å². The molecule has 3 aromatic rings. The number of benzene rings is 2. The molecule has 0 aliphatic carbocycles. The minimum absolute atomic E-state index is 0.00630. The number of ether oxygens (including phenoxy) is 1. The molecule has 0 amide bonds. The molecule has 132 valence electrons. The van der Waals surface area contributed by atoms with Crippen LogP contribution in [0.2, 0.25) is 0 Å². The molecular weight excluding hydrogens is 340 g/mol. The highest BCUT2D eigenvalue weighted by Crippen LogP contribution is 2.48. The van der Waals surface area contributed by atoms with Crippen LogP contribution in [0.3, 0.4) is 0 Å². The van der Waals surface area contributed by atoms with Gasteiger partial charge in [-0.1, -0.05) is 55.5 Å². The maximum absolute atomic E-state index is 11.0. The van der Waals surface area contributed by atoms with Crippen LogP contribution in [0.4, 0.5) is 0 Å². The summed E-state index contributed by atoms with van der Waals surface area (Å²) >= 11 is 1.64. The second kappa shape index (κ2) is 7.10. The van der Waals surface area contributed by atoms with Gasteiger partial charge in [-0.3, -0.25) is 0 Å². The lowest BCUT2D eigenvalue weighted by molar-refractivity contribution is 0.197. The third-order valence-electron chi connectivity index (χ3n) is 5.01. The minimum atomic E-state index is -0.551. The van der Waals surface area contributed by atoms with E-state index in [1.807, 2.05) is 36.6 Å². The Morgan fingerprint density at radius 2 is 1.73 bits per heavy atom. The summed E-state index contributed by atoms with van der Waals surface area (Å²) < 4.78 is 6.33. The summed E-state index contributed by atoms with van der Waals surface area (Å²) in [4.78, 5) is 1.06. The van der Waals surface area contributed by atoms with Crippen LogP contribution < -0.4 is 4.74 Å². The zero-order chi connectivity index (χ0) is 18.1. The van der Waals surface area contributed by atoms with E-state index in [2.05, 4.69) is 43.3 Å². The molecule has 26 heavy (non-hydrogen) atoms. The Balaban J connectivity index is 2.01. The maximum atomic E-state index is 11.0. The molecule has 0 fully saturated rings. The first-order valence-electron chi connectivity index (χ1n) is 8.99. The van der Waals surface area contributed by atoms with Gasteiger partial charge in [-0.15, -0.1) is 11.3 Å². The number of aryl methyl sites for hydroxylation is 1. The first-order valence-corrected chi connectivity index (χ1v) is 9.87. The number of aliphatic hydroxyl groups excluding tert-OH is 1. The van der Waals surface area contributed by atoms with Crippen molar-refractivity contribution in [2.45, 2.75) is 32.3 Å². The van der Waals surface area contributed by atoms with Gasteiger partial charge in [0, 0.05) is 17.1 Å². The molecule has 2 nitrogen and oxygen atoms in total. The highest BCUT2D eigenvalue weighted by molar-refractivity contribution is 7.11. The summed E-state index contributed by atoms with van der Waals surface area (Å²) in [5.41, 5.74) is 4.52. The van der Waals surface area contributed by atoms with Gasteiger partial charge in [-0.2, -0.15) is 0 Å². The Morgan fingerprint density at radius 3 is 2.42 bits per heavy atom. The van der Waals surface area contributed by atoms with E-state index in [4.69, 9.17) is 4.74 Å². The number of hydrogen-bond donors (Lipinski definition) is 1. The summed E-state index contributed by atoms with van der Waals surface area (Å²) in [5.74, 6) is 1.67. The van der Waals surface area contributed by atoms with E-state index in [9.17, 15) is 5.11 Å². The van der Waals surface area contributed by atoms with Crippen molar-refractivity contribution in [1.29, 1.82) is 0 Å². The van der Waals surface area contributed by atoms with Gasteiger partial charge in [0.05, 0.1) is 11.0 Å². The van der Waals surface area contributed by atoms with E-state index >= 15 is 0 Å². The summed E-state index contributed by atoms with van der Waals surface area (Å²) in [7, 11) is 0. The molecule has 4 rings (SSSR count). The lowest BCUT2D eigenvalue weighted by Gasteiger charge is -2.33. The summed E-state index contributed by atoms with van der Waals surface area (Å²) in [6, 6.07) is 20.7. The largest absolute Gasteiger partial charge is 0.455 e. The third kappa shape index (κ3) is 2.87. The van der Waals surface area contributed by atoms with E-state index in [-0.39, 0.29) is 5.92 Å². The van der Waals surface area contributed by atoms with Gasteiger partial charge in [0.15, 0.2) is 0 Å². The monoisotopic (exact) mass is 362 g/mol. The van der Waals surface area contributed by atoms with Crippen LogP contribution in [-0.2, 0) is 0 Å². The van der Waals surface area contributed by atoms with Crippen molar-refractivity contribution in [3.05, 3.63) is 93.2 Å². The van der Waals surface area contributed by atoms with Crippen LogP contribution in [0.25, 0.3) is 5.76 Å². The average Bonchev–Trinajstić information content (AvgIpc) is 3.21. The highest BCUT2D eigenvalue weighted by atomic mass is 32.1. The van der Waals surface area contributed by atoms with Crippen molar-refractivity contribution >= 4 is 17.1 Å². The van der Waals surface area contributed by atoms with Crippen molar-refractivity contribution in [3.8, 4) is 5.75 Å². The first-order chi connectivity index (χ1) is 12.7. The minimum Gasteiger partial charge on any atom is -0.455 e. The van der Waals surface area contributed by atoms with Crippen molar-refractivity contribution in [1.82, 2.24) is 0 Å². The Morgan fingerprint density at radius 1 is 1.00 bits per heavy atom. The third-order valence-corrected chi connectivity index (χ3v) is 5.87. The number of rotatable bonds is 4. The van der Waals surface area contributed by atoms with Crippen molar-refractivity contribution in [3.63, 3.8) is 0 Å². The quantitative estimate of drug-likeness (QED) is 0.639. The van der Waals surface area contributed by atoms with Crippen molar-refractivity contribution in [2.75, 3.05) is 0 Å². The SMILES string of the molecule is CC[C@H](O)C1=C(c2cccs2)Oc2ccccc2[C@@H]1c1ccccc1C. The van der Waals surface area contributed by atoms with Gasteiger partial charge in [0.2, 0.25) is 0 Å². The Kier molecular flexibility index (Phi) is 4.66. The molecular formula is C23H22O2S. The molecule has 0 radical (unpaired) electrons. The first kappa shape index (κ1) is 17.1. The fourth-order valence-corrected chi connectivity index (χ4v) is 4.42. The van der Waals surface area contributed by atoms with E-state index in [0.717, 1.165) is 27.5 Å². The molecule has 0 saturated carbocycles. The molecule has 2 heterocycles. The van der Waals surface area contributed by atoms with E-state index in [0.29, 0.717) is 6.42 Å². The smallest absolute Gasteiger partial charge is 0.147 e. The predicted octanol–water partition coefficient (Wildman–Crippen LogP) is 5.76. The van der Waals surface area contributed by atoms with Crippen LogP contribution in [0.1, 0.15) is 40.8 Å². The lowest BCUT2D eigenvalue weighted by atomic mass is 9.77. The van der Waals surface area contributed by atoms with E-state index < -0.39 is 6.10 Å². The molecule has 1 N–H and O–H groups in total. The number of fused-ring (bicyclic) bond motifs is 1. The number of para-hydroxylation sites is 1. The van der Waals surface area contributed by atoms with Crippen LogP contribution in [0.5, 0.6) is 5.75 Å². The normalized spacial score (nSPS) is 17.6. The second-order valence-corrected chi connectivity index (χ2v) is 7.56. The Hall–Kier alpha value is -2.36. The van der Waals surface area contributed by atoms with E-state index in [1.165, 1.54) is 11.1 Å². The fourth-order valence-electron chi connectivity index (χ4n) is 3.69. The van der Waals surface area contributed by atoms with Crippen LogP contribution >= 0.6 is 11.3 Å². The highest BCUT2D eigenvalue weighted by Gasteiger charge is 2.35. The molecule has 1 aliphatic rings. The summed E-state index contributed by atoms with van der Waals surface area (Å²) in [6.45, 7) is 4.15. The van der Waals surface area contributed by atoms with E-state index in [1.54, 1.807) is 11.3 Å². The number of hydrogen-bond acceptors (Lipinski definition) is 3. The van der Waals surface area contributed by atoms with Gasteiger partial charge in [-0.25, -0.2) is 0 Å². The standard InChI is InChI=1S/C23H22O2S/c1-3-18(24)22-21(16-10-5-4-9-15(16)2)17-11-6-7-12-19(17)25-23(22)20-13-8-14-26-20/h4-14,18,21,24H,3H2,1-2H3/t18-,21-/m0/s1. The Bertz CT molecular complexity index is 940. The molecule has 0 saturated heterocycles. The molecule has 3 heteroatoms. The molecule has 2 aromatic carbocycles. The van der Waals surface area contributed by atoms with Crippen molar-refractivity contribution in [2.24, 2.45) is 0 Å². The summed E-state index contributed by atoms with van der Waals surface area (Å²) in [5, 5.41) is 13.0. The maximum Gasteiger partial charge on any atom is 0.147 e. The number of thiophene rings is 1. The topological polar surface area (TPSA) is 29.5 Å². The fraction of sp³-hybridized carbons (Fsp3) is 0.217. The molecule has 0 spiro atoms. The van der Waals surface area contributed by atoms with Gasteiger partial charge in [0.25, 0.3) is 0 Å². The molecule has 0 bridgehead atoms. The second-order valence-electron chi connectivity index (χ2n) is 6.62. The number of aliphatic hydroxyl groups is 1. The van der Waals surface area contributed by atoms with Gasteiger partial charge in [0.1, 0.15) is 11.5 Å². The lowest BCUT2D eigenvalue weighted by Crippen LogP contribution is -2.24. The molecule has 2 atom stereocenters. The molecule has 1 aliphatic heterocycles. The zero-order valence-corrected chi connectivity index (χ0v) is 15.8. The van der Waals surface area contributed by atoms with Gasteiger partial charge >= 0.3 is 0 Å². The van der Waals surface area contributed by atoms with Crippen LogP contribution in [0, 0.1) is 6.92 Å². The summed E-state index contributed by atoms with van der Waals surface area (Å²) in [6.07, 6.45) is 0.100. The zero-order valence-electron chi connectivity index (χ0n) is 15.0. The van der Waals surface area contributed by atoms with Crippen molar-refractivity contribution < 1.29 is 9.84 Å². The average molecular weight is 362 g/mol. The Labute approximate surface area is 158 Å². The molecule has 1 aromatic heterocycles.